The fraction of sp³-hybridized carbons (Fsp3) is 1.00. The molecule has 1 fully saturated rings. The second-order valence-electron chi connectivity index (χ2n) is 4.94. The summed E-state index contributed by atoms with van der Waals surface area (Å²) in [5, 5.41) is 0. The molecule has 0 aromatic heterocycles. The van der Waals surface area contributed by atoms with Crippen molar-refractivity contribution in [3.63, 3.8) is 0 Å². The van der Waals surface area contributed by atoms with Crippen molar-refractivity contribution in [2.24, 2.45) is 5.92 Å². The normalized spacial score (nSPS) is 22.3. The van der Waals surface area contributed by atoms with E-state index < -0.39 is 0 Å². The second-order valence-corrected chi connectivity index (χ2v) is 5.70. The summed E-state index contributed by atoms with van der Waals surface area (Å²) in [7, 11) is 0. The van der Waals surface area contributed by atoms with Gasteiger partial charge < -0.3 is 4.74 Å². The van der Waals surface area contributed by atoms with E-state index in [1.807, 2.05) is 0 Å². The van der Waals surface area contributed by atoms with Gasteiger partial charge in [-0.2, -0.15) is 0 Å². The van der Waals surface area contributed by atoms with Gasteiger partial charge in [0.05, 0.1) is 5.60 Å². The van der Waals surface area contributed by atoms with Gasteiger partial charge in [-0.25, -0.2) is 0 Å². The van der Waals surface area contributed by atoms with E-state index in [4.69, 9.17) is 4.74 Å². The predicted octanol–water partition coefficient (Wildman–Crippen LogP) is 4.19. The van der Waals surface area contributed by atoms with Crippen molar-refractivity contribution in [2.45, 2.75) is 58.0 Å². The molecule has 14 heavy (non-hydrogen) atoms. The van der Waals surface area contributed by atoms with E-state index in [2.05, 4.69) is 36.4 Å². The molecular weight excluding hydrogens is 287 g/mol. The van der Waals surface area contributed by atoms with Gasteiger partial charge in [0.2, 0.25) is 0 Å². The molecule has 2 heteroatoms. The number of hydrogen-bond donors (Lipinski definition) is 0. The second kappa shape index (κ2) is 6.31. The molecule has 0 bridgehead atoms. The number of rotatable bonds is 4. The molecule has 1 rings (SSSR count). The van der Waals surface area contributed by atoms with Crippen LogP contribution in [0.3, 0.4) is 0 Å². The number of hydrogen-bond acceptors (Lipinski definition) is 1. The summed E-state index contributed by atoms with van der Waals surface area (Å²) in [6.07, 6.45) is 8.10. The molecule has 0 unspecified atom stereocenters. The first-order chi connectivity index (χ1) is 6.68. The van der Waals surface area contributed by atoms with Gasteiger partial charge in [-0.05, 0) is 18.8 Å². The monoisotopic (exact) mass is 310 g/mol. The van der Waals surface area contributed by atoms with Crippen molar-refractivity contribution in [2.75, 3.05) is 11.0 Å². The highest BCUT2D eigenvalue weighted by atomic mass is 127. The van der Waals surface area contributed by atoms with Crippen LogP contribution in [0.15, 0.2) is 0 Å². The number of halogens is 1. The minimum atomic E-state index is 0.224. The largest absolute Gasteiger partial charge is 0.374 e. The van der Waals surface area contributed by atoms with Gasteiger partial charge in [-0.15, -0.1) is 0 Å². The summed E-state index contributed by atoms with van der Waals surface area (Å²) >= 11 is 2.50. The Labute approximate surface area is 102 Å². The predicted molar refractivity (Wildman–Crippen MR) is 70.1 cm³/mol. The van der Waals surface area contributed by atoms with Gasteiger partial charge in [-0.3, -0.25) is 0 Å². The van der Waals surface area contributed by atoms with Crippen LogP contribution in [0.2, 0.25) is 0 Å². The Bertz CT molecular complexity index is 148. The molecule has 0 amide bonds. The van der Waals surface area contributed by atoms with Gasteiger partial charge in [0.1, 0.15) is 0 Å². The van der Waals surface area contributed by atoms with Gasteiger partial charge in [0.25, 0.3) is 0 Å². The van der Waals surface area contributed by atoms with E-state index in [0.29, 0.717) is 5.92 Å². The summed E-state index contributed by atoms with van der Waals surface area (Å²) in [6, 6.07) is 0. The van der Waals surface area contributed by atoms with E-state index in [1.54, 1.807) is 0 Å². The maximum absolute atomic E-state index is 6.15. The van der Waals surface area contributed by atoms with Crippen molar-refractivity contribution in [1.82, 2.24) is 0 Å². The highest BCUT2D eigenvalue weighted by Gasteiger charge is 2.30. The van der Waals surface area contributed by atoms with Crippen molar-refractivity contribution in [3.05, 3.63) is 0 Å². The maximum atomic E-state index is 6.15. The van der Waals surface area contributed by atoms with Crippen LogP contribution in [0.1, 0.15) is 52.4 Å². The first-order valence-corrected chi connectivity index (χ1v) is 7.41. The van der Waals surface area contributed by atoms with Gasteiger partial charge in [-0.1, -0.05) is 62.1 Å². The van der Waals surface area contributed by atoms with Crippen LogP contribution < -0.4 is 0 Å². The van der Waals surface area contributed by atoms with E-state index in [1.165, 1.54) is 38.5 Å². The zero-order chi connectivity index (χ0) is 10.4. The van der Waals surface area contributed by atoms with Crippen LogP contribution in [0.25, 0.3) is 0 Å². The molecule has 84 valence electrons. The average Bonchev–Trinajstić information content (AvgIpc) is 2.41. The molecule has 0 aliphatic heterocycles. The molecule has 0 spiro atoms. The zero-order valence-corrected chi connectivity index (χ0v) is 11.7. The molecule has 0 heterocycles. The Kier molecular flexibility index (Phi) is 5.75. The van der Waals surface area contributed by atoms with Gasteiger partial charge in [0.15, 0.2) is 0 Å². The molecular formula is C12H23IO. The van der Waals surface area contributed by atoms with Gasteiger partial charge in [0, 0.05) is 11.0 Å². The first kappa shape index (κ1) is 12.8. The first-order valence-electron chi connectivity index (χ1n) is 5.88. The standard InChI is InChI=1S/C12H23IO/c1-11(2)9-14-12(10-13)7-5-3-4-6-8-12/h11H,3-10H2,1-2H3. The van der Waals surface area contributed by atoms with E-state index >= 15 is 0 Å². The lowest BCUT2D eigenvalue weighted by Crippen LogP contribution is -2.35. The SMILES string of the molecule is CC(C)COC1(CI)CCCCCC1. The fourth-order valence-corrected chi connectivity index (χ4v) is 3.02. The lowest BCUT2D eigenvalue weighted by Gasteiger charge is -2.32. The minimum absolute atomic E-state index is 0.224. The van der Waals surface area contributed by atoms with Crippen molar-refractivity contribution >= 4 is 22.6 Å². The van der Waals surface area contributed by atoms with Crippen LogP contribution in [0, 0.1) is 5.92 Å². The van der Waals surface area contributed by atoms with Crippen molar-refractivity contribution in [3.8, 4) is 0 Å². The summed E-state index contributed by atoms with van der Waals surface area (Å²) in [6.45, 7) is 5.40. The van der Waals surface area contributed by atoms with Crippen LogP contribution in [0.5, 0.6) is 0 Å². The minimum Gasteiger partial charge on any atom is -0.374 e. The van der Waals surface area contributed by atoms with Crippen LogP contribution in [0.4, 0.5) is 0 Å². The quantitative estimate of drug-likeness (QED) is 0.430. The Morgan fingerprint density at radius 3 is 2.14 bits per heavy atom. The smallest absolute Gasteiger partial charge is 0.0771 e. The summed E-state index contributed by atoms with van der Waals surface area (Å²) < 4.78 is 7.32. The molecule has 1 aliphatic rings. The Hall–Kier alpha value is 0.690. The van der Waals surface area contributed by atoms with E-state index in [0.717, 1.165) is 11.0 Å². The molecule has 0 N–H and O–H groups in total. The highest BCUT2D eigenvalue weighted by Crippen LogP contribution is 2.32. The van der Waals surface area contributed by atoms with E-state index in [-0.39, 0.29) is 5.60 Å². The van der Waals surface area contributed by atoms with Crippen LogP contribution >= 0.6 is 22.6 Å². The molecule has 1 aliphatic carbocycles. The summed E-state index contributed by atoms with van der Waals surface area (Å²) in [5.74, 6) is 0.665. The highest BCUT2D eigenvalue weighted by molar-refractivity contribution is 14.1. The van der Waals surface area contributed by atoms with Crippen molar-refractivity contribution < 1.29 is 4.74 Å². The lowest BCUT2D eigenvalue weighted by atomic mass is 9.96. The summed E-state index contributed by atoms with van der Waals surface area (Å²) in [5.41, 5.74) is 0.224. The molecule has 0 saturated heterocycles. The van der Waals surface area contributed by atoms with Crippen LogP contribution in [-0.2, 0) is 4.74 Å². The topological polar surface area (TPSA) is 9.23 Å². The Balaban J connectivity index is 2.45. The Morgan fingerprint density at radius 1 is 1.14 bits per heavy atom. The zero-order valence-electron chi connectivity index (χ0n) is 9.52. The third-order valence-corrected chi connectivity index (χ3v) is 4.37. The van der Waals surface area contributed by atoms with E-state index in [9.17, 15) is 0 Å². The molecule has 1 saturated carbocycles. The summed E-state index contributed by atoms with van der Waals surface area (Å²) in [4.78, 5) is 0. The third kappa shape index (κ3) is 4.05. The molecule has 0 aromatic rings. The number of alkyl halides is 1. The number of ether oxygens (including phenoxy) is 1. The van der Waals surface area contributed by atoms with Crippen LogP contribution in [-0.4, -0.2) is 16.6 Å². The molecule has 0 atom stereocenters. The van der Waals surface area contributed by atoms with Crippen molar-refractivity contribution in [1.29, 1.82) is 0 Å². The average molecular weight is 310 g/mol. The molecule has 0 radical (unpaired) electrons. The van der Waals surface area contributed by atoms with Gasteiger partial charge >= 0.3 is 0 Å². The molecule has 0 aromatic carbocycles. The molecule has 1 nitrogen and oxygen atoms in total. The third-order valence-electron chi connectivity index (χ3n) is 2.98. The maximum Gasteiger partial charge on any atom is 0.0771 e. The Morgan fingerprint density at radius 2 is 1.71 bits per heavy atom. The fourth-order valence-electron chi connectivity index (χ4n) is 2.03. The lowest BCUT2D eigenvalue weighted by molar-refractivity contribution is -0.0477.